The van der Waals surface area contributed by atoms with Gasteiger partial charge in [0.2, 0.25) is 5.91 Å². The molecule has 0 aliphatic carbocycles. The molecular formula is C11H19ClN2O. The molecule has 15 heavy (non-hydrogen) atoms. The van der Waals surface area contributed by atoms with Crippen molar-refractivity contribution in [2.45, 2.75) is 31.2 Å². The van der Waals surface area contributed by atoms with E-state index < -0.39 is 5.38 Å². The van der Waals surface area contributed by atoms with Gasteiger partial charge in [0.05, 0.1) is 0 Å². The standard InChI is InChI=1S/C11H19ClN2O/c1-8(12)11(15)13(2)10-7-14-5-3-9(10)4-6-14/h8-10H,3-7H2,1-2H3. The third kappa shape index (κ3) is 2.13. The van der Waals surface area contributed by atoms with Crippen LogP contribution in [0.15, 0.2) is 0 Å². The fourth-order valence-electron chi connectivity index (χ4n) is 2.82. The van der Waals surface area contributed by atoms with E-state index in [0.29, 0.717) is 12.0 Å². The minimum absolute atomic E-state index is 0.0652. The van der Waals surface area contributed by atoms with E-state index in [1.807, 2.05) is 11.9 Å². The van der Waals surface area contributed by atoms with Crippen LogP contribution in [0.4, 0.5) is 0 Å². The molecule has 3 saturated heterocycles. The Kier molecular flexibility index (Phi) is 3.21. The van der Waals surface area contributed by atoms with Crippen LogP contribution in [0.5, 0.6) is 0 Å². The molecule has 3 nitrogen and oxygen atoms in total. The fourth-order valence-corrected chi connectivity index (χ4v) is 2.97. The number of fused-ring (bicyclic) bond motifs is 3. The van der Waals surface area contributed by atoms with E-state index in [9.17, 15) is 4.79 Å². The monoisotopic (exact) mass is 230 g/mol. The van der Waals surface area contributed by atoms with Gasteiger partial charge in [-0.3, -0.25) is 4.79 Å². The Bertz CT molecular complexity index is 249. The van der Waals surface area contributed by atoms with Gasteiger partial charge in [-0.25, -0.2) is 0 Å². The molecule has 3 aliphatic heterocycles. The van der Waals surface area contributed by atoms with Crippen molar-refractivity contribution in [2.24, 2.45) is 5.92 Å². The molecule has 3 heterocycles. The minimum Gasteiger partial charge on any atom is -0.340 e. The molecule has 2 atom stereocenters. The van der Waals surface area contributed by atoms with E-state index in [0.717, 1.165) is 6.54 Å². The molecule has 2 bridgehead atoms. The lowest BCUT2D eigenvalue weighted by Gasteiger charge is -2.48. The third-order valence-electron chi connectivity index (χ3n) is 3.81. The van der Waals surface area contributed by atoms with Crippen LogP contribution in [0.3, 0.4) is 0 Å². The Labute approximate surface area is 96.4 Å². The predicted molar refractivity (Wildman–Crippen MR) is 61.0 cm³/mol. The molecule has 3 aliphatic rings. The summed E-state index contributed by atoms with van der Waals surface area (Å²) in [7, 11) is 1.90. The average molecular weight is 231 g/mol. The predicted octanol–water partition coefficient (Wildman–Crippen LogP) is 1.17. The van der Waals surface area contributed by atoms with E-state index in [-0.39, 0.29) is 5.91 Å². The number of carbonyl (C=O) groups is 1. The number of hydrogen-bond acceptors (Lipinski definition) is 2. The van der Waals surface area contributed by atoms with Gasteiger partial charge in [0.15, 0.2) is 0 Å². The summed E-state index contributed by atoms with van der Waals surface area (Å²) in [5, 5.41) is -0.398. The summed E-state index contributed by atoms with van der Waals surface area (Å²) >= 11 is 5.84. The smallest absolute Gasteiger partial charge is 0.240 e. The van der Waals surface area contributed by atoms with Crippen molar-refractivity contribution in [3.05, 3.63) is 0 Å². The van der Waals surface area contributed by atoms with Crippen molar-refractivity contribution in [3.8, 4) is 0 Å². The lowest BCUT2D eigenvalue weighted by Crippen LogP contribution is -2.58. The molecule has 1 amide bonds. The average Bonchev–Trinajstić information content (AvgIpc) is 2.28. The van der Waals surface area contributed by atoms with Gasteiger partial charge in [0.1, 0.15) is 5.38 Å². The van der Waals surface area contributed by atoms with Gasteiger partial charge >= 0.3 is 0 Å². The van der Waals surface area contributed by atoms with Crippen molar-refractivity contribution >= 4 is 17.5 Å². The second-order valence-corrected chi connectivity index (χ2v) is 5.43. The first-order valence-corrected chi connectivity index (χ1v) is 6.16. The van der Waals surface area contributed by atoms with E-state index >= 15 is 0 Å². The molecular weight excluding hydrogens is 212 g/mol. The van der Waals surface area contributed by atoms with Crippen molar-refractivity contribution in [1.29, 1.82) is 0 Å². The maximum Gasteiger partial charge on any atom is 0.240 e. The van der Waals surface area contributed by atoms with Crippen LogP contribution in [-0.2, 0) is 4.79 Å². The number of rotatable bonds is 2. The molecule has 86 valence electrons. The van der Waals surface area contributed by atoms with E-state index in [4.69, 9.17) is 11.6 Å². The summed E-state index contributed by atoms with van der Waals surface area (Å²) in [5.74, 6) is 0.759. The van der Waals surface area contributed by atoms with Crippen LogP contribution in [0.25, 0.3) is 0 Å². The van der Waals surface area contributed by atoms with Crippen LogP contribution in [-0.4, -0.2) is 53.8 Å². The van der Waals surface area contributed by atoms with Gasteiger partial charge in [-0.1, -0.05) is 0 Å². The molecule has 0 N–H and O–H groups in total. The molecule has 0 spiro atoms. The highest BCUT2D eigenvalue weighted by Crippen LogP contribution is 2.30. The van der Waals surface area contributed by atoms with Gasteiger partial charge in [0.25, 0.3) is 0 Å². The van der Waals surface area contributed by atoms with Crippen LogP contribution < -0.4 is 0 Å². The van der Waals surface area contributed by atoms with Crippen LogP contribution in [0.1, 0.15) is 19.8 Å². The summed E-state index contributed by atoms with van der Waals surface area (Å²) in [6.45, 7) is 5.21. The quantitative estimate of drug-likeness (QED) is 0.665. The number of amides is 1. The lowest BCUT2D eigenvalue weighted by atomic mass is 9.83. The highest BCUT2D eigenvalue weighted by molar-refractivity contribution is 6.30. The Morgan fingerprint density at radius 3 is 2.47 bits per heavy atom. The number of halogens is 1. The summed E-state index contributed by atoms with van der Waals surface area (Å²) in [5.41, 5.74) is 0. The minimum atomic E-state index is -0.398. The second-order valence-electron chi connectivity index (χ2n) is 4.77. The number of alkyl halides is 1. The summed E-state index contributed by atoms with van der Waals surface area (Å²) in [4.78, 5) is 16.1. The van der Waals surface area contributed by atoms with E-state index in [2.05, 4.69) is 4.90 Å². The van der Waals surface area contributed by atoms with Crippen LogP contribution >= 0.6 is 11.6 Å². The molecule has 0 radical (unpaired) electrons. The maximum atomic E-state index is 11.8. The zero-order valence-electron chi connectivity index (χ0n) is 9.45. The summed E-state index contributed by atoms with van der Waals surface area (Å²) < 4.78 is 0. The fraction of sp³-hybridized carbons (Fsp3) is 0.909. The number of carbonyl (C=O) groups excluding carboxylic acids is 1. The topological polar surface area (TPSA) is 23.6 Å². The van der Waals surface area contributed by atoms with Crippen molar-refractivity contribution < 1.29 is 4.79 Å². The van der Waals surface area contributed by atoms with Gasteiger partial charge in [-0.05, 0) is 38.8 Å². The summed E-state index contributed by atoms with van der Waals surface area (Å²) in [6.07, 6.45) is 2.47. The lowest BCUT2D eigenvalue weighted by molar-refractivity contribution is -0.135. The van der Waals surface area contributed by atoms with E-state index in [1.165, 1.54) is 25.9 Å². The first-order valence-electron chi connectivity index (χ1n) is 5.72. The van der Waals surface area contributed by atoms with Gasteiger partial charge < -0.3 is 9.80 Å². The molecule has 3 fully saturated rings. The van der Waals surface area contributed by atoms with E-state index in [1.54, 1.807) is 6.92 Å². The molecule has 3 rings (SSSR count). The molecule has 4 heteroatoms. The maximum absolute atomic E-state index is 11.8. The number of nitrogens with zero attached hydrogens (tertiary/aromatic N) is 2. The number of hydrogen-bond donors (Lipinski definition) is 0. The van der Waals surface area contributed by atoms with Gasteiger partial charge in [-0.2, -0.15) is 0 Å². The van der Waals surface area contributed by atoms with Gasteiger partial charge in [-0.15, -0.1) is 11.6 Å². The normalized spacial score (nSPS) is 36.3. The molecule has 2 unspecified atom stereocenters. The largest absolute Gasteiger partial charge is 0.340 e. The zero-order valence-corrected chi connectivity index (χ0v) is 10.2. The van der Waals surface area contributed by atoms with Crippen LogP contribution in [0.2, 0.25) is 0 Å². The van der Waals surface area contributed by atoms with Crippen molar-refractivity contribution in [2.75, 3.05) is 26.7 Å². The highest BCUT2D eigenvalue weighted by atomic mass is 35.5. The molecule has 0 aromatic carbocycles. The van der Waals surface area contributed by atoms with Crippen molar-refractivity contribution in [1.82, 2.24) is 9.80 Å². The highest BCUT2D eigenvalue weighted by Gasteiger charge is 2.38. The molecule has 0 aromatic rings. The Morgan fingerprint density at radius 1 is 1.47 bits per heavy atom. The van der Waals surface area contributed by atoms with Crippen LogP contribution in [0, 0.1) is 5.92 Å². The third-order valence-corrected chi connectivity index (χ3v) is 3.99. The SMILES string of the molecule is CC(Cl)C(=O)N(C)C1CN2CCC1CC2. The molecule has 0 aromatic heterocycles. The number of piperidine rings is 3. The Balaban J connectivity index is 2.01. The Hall–Kier alpha value is -0.280. The molecule has 0 saturated carbocycles. The first kappa shape index (κ1) is 11.2. The number of likely N-dealkylation sites (N-methyl/N-ethyl adjacent to an activating group) is 1. The zero-order chi connectivity index (χ0) is 11.0. The Morgan fingerprint density at radius 2 is 2.07 bits per heavy atom. The second kappa shape index (κ2) is 4.30. The summed E-state index contributed by atoms with van der Waals surface area (Å²) in [6, 6.07) is 0.390. The van der Waals surface area contributed by atoms with Crippen molar-refractivity contribution in [3.63, 3.8) is 0 Å². The first-order chi connectivity index (χ1) is 7.09. The van der Waals surface area contributed by atoms with Gasteiger partial charge in [0, 0.05) is 19.6 Å².